The fourth-order valence-electron chi connectivity index (χ4n) is 2.57. The zero-order valence-corrected chi connectivity index (χ0v) is 10.9. The number of rotatable bonds is 2. The number of nitrogens with two attached hydrogens (primary N) is 1. The van der Waals surface area contributed by atoms with Crippen LogP contribution in [0.15, 0.2) is 12.1 Å². The van der Waals surface area contributed by atoms with Crippen molar-refractivity contribution in [3.05, 3.63) is 29.3 Å². The molecule has 1 saturated heterocycles. The highest BCUT2D eigenvalue weighted by Gasteiger charge is 2.26. The maximum Gasteiger partial charge on any atom is 0.150 e. The van der Waals surface area contributed by atoms with Gasteiger partial charge in [-0.2, -0.15) is 5.26 Å². The van der Waals surface area contributed by atoms with E-state index in [1.54, 1.807) is 11.0 Å². The Hall–Kier alpha value is -1.67. The van der Waals surface area contributed by atoms with Crippen LogP contribution in [0.2, 0.25) is 0 Å². The van der Waals surface area contributed by atoms with Crippen molar-refractivity contribution in [1.82, 2.24) is 0 Å². The minimum absolute atomic E-state index is 0.000461. The zero-order chi connectivity index (χ0) is 14.0. The van der Waals surface area contributed by atoms with Gasteiger partial charge in [-0.1, -0.05) is 0 Å². The van der Waals surface area contributed by atoms with Crippen LogP contribution in [0, 0.1) is 28.9 Å². The van der Waals surface area contributed by atoms with Gasteiger partial charge in [0.1, 0.15) is 5.69 Å². The number of hydrogen-bond donors (Lipinski definition) is 1. The molecule has 0 aromatic heterocycles. The summed E-state index contributed by atoms with van der Waals surface area (Å²) in [5, 5.41) is 8.69. The predicted molar refractivity (Wildman–Crippen MR) is 69.7 cm³/mol. The Kier molecular flexibility index (Phi) is 4.01. The van der Waals surface area contributed by atoms with Crippen molar-refractivity contribution in [3.8, 4) is 6.07 Å². The molecule has 0 radical (unpaired) electrons. The van der Waals surface area contributed by atoms with Crippen LogP contribution >= 0.6 is 0 Å². The summed E-state index contributed by atoms with van der Waals surface area (Å²) in [7, 11) is 0. The first kappa shape index (κ1) is 13.8. The number of nitriles is 1. The van der Waals surface area contributed by atoms with Crippen molar-refractivity contribution in [2.24, 2.45) is 11.7 Å². The monoisotopic (exact) mass is 265 g/mol. The van der Waals surface area contributed by atoms with Crippen molar-refractivity contribution >= 4 is 5.69 Å². The third kappa shape index (κ3) is 2.85. The highest BCUT2D eigenvalue weighted by Crippen LogP contribution is 2.29. The molecule has 5 heteroatoms. The van der Waals surface area contributed by atoms with Gasteiger partial charge < -0.3 is 10.6 Å². The van der Waals surface area contributed by atoms with Crippen molar-refractivity contribution < 1.29 is 8.78 Å². The predicted octanol–water partition coefficient (Wildman–Crippen LogP) is 2.40. The maximum absolute atomic E-state index is 13.9. The molecular weight excluding hydrogens is 248 g/mol. The Labute approximate surface area is 111 Å². The normalized spacial score (nSPS) is 21.0. The van der Waals surface area contributed by atoms with E-state index < -0.39 is 11.6 Å². The maximum atomic E-state index is 13.9. The number of nitrogens with zero attached hydrogens (tertiary/aromatic N) is 2. The van der Waals surface area contributed by atoms with E-state index in [2.05, 4.69) is 0 Å². The molecule has 1 fully saturated rings. The Morgan fingerprint density at radius 2 is 2.05 bits per heavy atom. The molecule has 2 atom stereocenters. The van der Waals surface area contributed by atoms with Crippen LogP contribution < -0.4 is 10.6 Å². The molecule has 1 heterocycles. The summed E-state index contributed by atoms with van der Waals surface area (Å²) in [5.41, 5.74) is 5.83. The zero-order valence-electron chi connectivity index (χ0n) is 10.9. The summed E-state index contributed by atoms with van der Waals surface area (Å²) < 4.78 is 27.9. The van der Waals surface area contributed by atoms with Crippen molar-refractivity contribution in [2.45, 2.75) is 25.8 Å². The van der Waals surface area contributed by atoms with Crippen LogP contribution in [0.1, 0.15) is 25.3 Å². The van der Waals surface area contributed by atoms with Gasteiger partial charge in [0.15, 0.2) is 11.6 Å². The van der Waals surface area contributed by atoms with Gasteiger partial charge in [0.2, 0.25) is 0 Å². The number of anilines is 1. The summed E-state index contributed by atoms with van der Waals surface area (Å²) in [6, 6.07) is 3.91. The lowest BCUT2D eigenvalue weighted by atomic mass is 9.92. The van der Waals surface area contributed by atoms with Gasteiger partial charge in [-0.3, -0.25) is 0 Å². The van der Waals surface area contributed by atoms with E-state index in [-0.39, 0.29) is 23.2 Å². The SMILES string of the molecule is CC(N)C1CCCN(c2c(F)cc(C#N)cc2F)C1. The molecule has 1 aliphatic rings. The summed E-state index contributed by atoms with van der Waals surface area (Å²) in [4.78, 5) is 1.70. The molecule has 0 spiro atoms. The second-order valence-electron chi connectivity index (χ2n) is 5.11. The van der Waals surface area contributed by atoms with Crippen LogP contribution in [0.5, 0.6) is 0 Å². The molecule has 2 unspecified atom stereocenters. The average molecular weight is 265 g/mol. The van der Waals surface area contributed by atoms with Crippen molar-refractivity contribution in [1.29, 1.82) is 5.26 Å². The summed E-state index contributed by atoms with van der Waals surface area (Å²) in [6.07, 6.45) is 1.85. The first-order valence-electron chi connectivity index (χ1n) is 6.42. The summed E-state index contributed by atoms with van der Waals surface area (Å²) >= 11 is 0. The quantitative estimate of drug-likeness (QED) is 0.893. The van der Waals surface area contributed by atoms with Gasteiger partial charge in [-0.25, -0.2) is 8.78 Å². The van der Waals surface area contributed by atoms with Crippen LogP contribution in [0.3, 0.4) is 0 Å². The van der Waals surface area contributed by atoms with Gasteiger partial charge in [0.05, 0.1) is 11.6 Å². The number of benzene rings is 1. The second kappa shape index (κ2) is 5.54. The molecule has 1 aliphatic heterocycles. The number of halogens is 2. The molecule has 0 saturated carbocycles. The lowest BCUT2D eigenvalue weighted by Gasteiger charge is -2.36. The number of piperidine rings is 1. The Morgan fingerprint density at radius 1 is 1.42 bits per heavy atom. The van der Waals surface area contributed by atoms with E-state index in [4.69, 9.17) is 11.0 Å². The third-order valence-corrected chi connectivity index (χ3v) is 3.66. The van der Waals surface area contributed by atoms with E-state index in [0.717, 1.165) is 25.0 Å². The molecule has 0 aliphatic carbocycles. The molecule has 3 nitrogen and oxygen atoms in total. The summed E-state index contributed by atoms with van der Waals surface area (Å²) in [5.74, 6) is -1.12. The third-order valence-electron chi connectivity index (χ3n) is 3.66. The average Bonchev–Trinajstić information content (AvgIpc) is 2.38. The topological polar surface area (TPSA) is 53.0 Å². The first-order chi connectivity index (χ1) is 9.02. The molecular formula is C14H17F2N3. The molecule has 1 aromatic rings. The van der Waals surface area contributed by atoms with Gasteiger partial charge in [0.25, 0.3) is 0 Å². The van der Waals surface area contributed by atoms with Crippen LogP contribution in [0.25, 0.3) is 0 Å². The minimum atomic E-state index is -0.679. The minimum Gasteiger partial charge on any atom is -0.366 e. The van der Waals surface area contributed by atoms with E-state index in [9.17, 15) is 8.78 Å². The highest BCUT2D eigenvalue weighted by atomic mass is 19.1. The van der Waals surface area contributed by atoms with Crippen molar-refractivity contribution in [2.75, 3.05) is 18.0 Å². The Bertz CT molecular complexity index is 485. The Morgan fingerprint density at radius 3 is 2.58 bits per heavy atom. The van der Waals surface area contributed by atoms with Gasteiger partial charge >= 0.3 is 0 Å². The molecule has 2 N–H and O–H groups in total. The van der Waals surface area contributed by atoms with E-state index >= 15 is 0 Å². The molecule has 102 valence electrons. The second-order valence-corrected chi connectivity index (χ2v) is 5.11. The van der Waals surface area contributed by atoms with Gasteiger partial charge in [-0.05, 0) is 37.8 Å². The van der Waals surface area contributed by atoms with Crippen LogP contribution in [-0.2, 0) is 0 Å². The molecule has 19 heavy (non-hydrogen) atoms. The largest absolute Gasteiger partial charge is 0.366 e. The smallest absolute Gasteiger partial charge is 0.150 e. The fraction of sp³-hybridized carbons (Fsp3) is 0.500. The van der Waals surface area contributed by atoms with Crippen LogP contribution in [-0.4, -0.2) is 19.1 Å². The number of hydrogen-bond acceptors (Lipinski definition) is 3. The van der Waals surface area contributed by atoms with E-state index in [0.29, 0.717) is 13.1 Å². The Balaban J connectivity index is 2.29. The summed E-state index contributed by atoms with van der Waals surface area (Å²) in [6.45, 7) is 3.08. The molecule has 2 rings (SSSR count). The van der Waals surface area contributed by atoms with E-state index in [1.165, 1.54) is 0 Å². The lowest BCUT2D eigenvalue weighted by molar-refractivity contribution is 0.360. The molecule has 1 aromatic carbocycles. The first-order valence-corrected chi connectivity index (χ1v) is 6.42. The fourth-order valence-corrected chi connectivity index (χ4v) is 2.57. The lowest BCUT2D eigenvalue weighted by Crippen LogP contribution is -2.43. The van der Waals surface area contributed by atoms with Crippen molar-refractivity contribution in [3.63, 3.8) is 0 Å². The van der Waals surface area contributed by atoms with Gasteiger partial charge in [0, 0.05) is 19.1 Å². The standard InChI is InChI=1S/C14H17F2N3/c1-9(18)11-3-2-4-19(8-11)14-12(15)5-10(7-17)6-13(14)16/h5-6,9,11H,2-4,8,18H2,1H3. The highest BCUT2D eigenvalue weighted by molar-refractivity contribution is 5.53. The van der Waals surface area contributed by atoms with E-state index in [1.807, 2.05) is 6.92 Å². The molecule has 0 bridgehead atoms. The molecule has 0 amide bonds. The van der Waals surface area contributed by atoms with Crippen LogP contribution in [0.4, 0.5) is 14.5 Å². The van der Waals surface area contributed by atoms with Gasteiger partial charge in [-0.15, -0.1) is 0 Å².